The van der Waals surface area contributed by atoms with Gasteiger partial charge in [0.05, 0.1) is 12.5 Å². The highest BCUT2D eigenvalue weighted by Crippen LogP contribution is 2.56. The summed E-state index contributed by atoms with van der Waals surface area (Å²) in [5, 5.41) is 0. The molecule has 1 fully saturated rings. The maximum atomic E-state index is 11.2. The van der Waals surface area contributed by atoms with Gasteiger partial charge in [-0.3, -0.25) is 4.57 Å². The van der Waals surface area contributed by atoms with Crippen LogP contribution in [0.3, 0.4) is 0 Å². The molecule has 0 spiro atoms. The minimum absolute atomic E-state index is 0.0602. The molecule has 1 aliphatic carbocycles. The summed E-state index contributed by atoms with van der Waals surface area (Å²) in [4.78, 5) is 30.7. The Labute approximate surface area is 121 Å². The topological polar surface area (TPSA) is 127 Å². The molecule has 9 heteroatoms. The Morgan fingerprint density at radius 2 is 2.14 bits per heavy atom. The first-order chi connectivity index (χ1) is 9.81. The van der Waals surface area contributed by atoms with Crippen LogP contribution < -0.4 is 5.73 Å². The molecule has 1 saturated carbocycles. The van der Waals surface area contributed by atoms with Crippen molar-refractivity contribution in [1.82, 2.24) is 19.5 Å². The summed E-state index contributed by atoms with van der Waals surface area (Å²) < 4.78 is 13.1. The third-order valence-corrected chi connectivity index (χ3v) is 5.39. The summed E-state index contributed by atoms with van der Waals surface area (Å²) in [5.41, 5.74) is 6.90. The fourth-order valence-electron chi connectivity index (χ4n) is 2.87. The van der Waals surface area contributed by atoms with Crippen molar-refractivity contribution in [2.45, 2.75) is 26.3 Å². The number of nitrogen functional groups attached to an aromatic ring is 1. The largest absolute Gasteiger partial charge is 0.382 e. The van der Waals surface area contributed by atoms with Crippen LogP contribution >= 0.6 is 7.60 Å². The molecule has 0 saturated heterocycles. The molecule has 2 aromatic rings. The number of nitrogens with zero attached hydrogens (tertiary/aromatic N) is 4. The van der Waals surface area contributed by atoms with Crippen molar-refractivity contribution >= 4 is 24.6 Å². The van der Waals surface area contributed by atoms with E-state index in [1.807, 2.05) is 11.5 Å². The van der Waals surface area contributed by atoms with Crippen molar-refractivity contribution in [1.29, 1.82) is 0 Å². The lowest BCUT2D eigenvalue weighted by Crippen LogP contribution is -2.22. The third kappa shape index (κ3) is 2.79. The van der Waals surface area contributed by atoms with Crippen LogP contribution in [0.5, 0.6) is 0 Å². The van der Waals surface area contributed by atoms with Crippen LogP contribution in [0, 0.1) is 11.3 Å². The smallest absolute Gasteiger partial charge is 0.325 e. The van der Waals surface area contributed by atoms with Crippen LogP contribution in [0.2, 0.25) is 0 Å². The van der Waals surface area contributed by atoms with E-state index >= 15 is 0 Å². The first kappa shape index (κ1) is 14.4. The number of aromatic nitrogens is 4. The van der Waals surface area contributed by atoms with E-state index in [1.54, 1.807) is 6.33 Å². The molecule has 0 bridgehead atoms. The van der Waals surface area contributed by atoms with Gasteiger partial charge in [0.25, 0.3) is 0 Å². The standard InChI is InChI=1S/C12H18N5O3P/c1-8(4-21(18,19)20)12(2-3-12)5-17-7-16-9-10(13)14-6-15-11(9)17/h6-8H,2-5H2,1H3,(H2,13,14,15)(H2,18,19,20). The van der Waals surface area contributed by atoms with Gasteiger partial charge in [0.2, 0.25) is 0 Å². The van der Waals surface area contributed by atoms with Gasteiger partial charge in [-0.1, -0.05) is 6.92 Å². The van der Waals surface area contributed by atoms with Gasteiger partial charge in [0.15, 0.2) is 11.5 Å². The second kappa shape index (κ2) is 4.76. The second-order valence-electron chi connectivity index (χ2n) is 5.91. The lowest BCUT2D eigenvalue weighted by atomic mass is 9.92. The van der Waals surface area contributed by atoms with Crippen LogP contribution in [0.4, 0.5) is 5.82 Å². The van der Waals surface area contributed by atoms with Crippen molar-refractivity contribution < 1.29 is 14.4 Å². The predicted molar refractivity (Wildman–Crippen MR) is 77.5 cm³/mol. The number of fused-ring (bicyclic) bond motifs is 1. The van der Waals surface area contributed by atoms with E-state index in [1.165, 1.54) is 6.33 Å². The molecule has 1 unspecified atom stereocenters. The molecule has 114 valence electrons. The van der Waals surface area contributed by atoms with Crippen LogP contribution in [0.15, 0.2) is 12.7 Å². The zero-order valence-electron chi connectivity index (χ0n) is 11.7. The fraction of sp³-hybridized carbons (Fsp3) is 0.583. The molecule has 2 aromatic heterocycles. The maximum absolute atomic E-state index is 11.2. The van der Waals surface area contributed by atoms with Gasteiger partial charge in [-0.25, -0.2) is 15.0 Å². The number of hydrogen-bond donors (Lipinski definition) is 3. The molecule has 0 aromatic carbocycles. The Balaban J connectivity index is 1.85. The Morgan fingerprint density at radius 1 is 1.43 bits per heavy atom. The second-order valence-corrected chi connectivity index (χ2v) is 7.61. The number of nitrogens with two attached hydrogens (primary N) is 1. The van der Waals surface area contributed by atoms with E-state index in [4.69, 9.17) is 15.5 Å². The van der Waals surface area contributed by atoms with Crippen molar-refractivity contribution in [3.8, 4) is 0 Å². The molecular formula is C12H18N5O3P. The Bertz CT molecular complexity index is 721. The maximum Gasteiger partial charge on any atom is 0.325 e. The van der Waals surface area contributed by atoms with E-state index in [0.717, 1.165) is 12.8 Å². The lowest BCUT2D eigenvalue weighted by molar-refractivity contribution is 0.290. The van der Waals surface area contributed by atoms with Crippen molar-refractivity contribution in [3.05, 3.63) is 12.7 Å². The average Bonchev–Trinajstić information content (AvgIpc) is 3.04. The van der Waals surface area contributed by atoms with E-state index in [0.29, 0.717) is 23.5 Å². The van der Waals surface area contributed by atoms with Crippen LogP contribution in [-0.2, 0) is 11.1 Å². The molecule has 0 amide bonds. The first-order valence-electron chi connectivity index (χ1n) is 6.77. The van der Waals surface area contributed by atoms with E-state index < -0.39 is 7.60 Å². The molecule has 8 nitrogen and oxygen atoms in total. The normalized spacial score (nSPS) is 18.8. The highest BCUT2D eigenvalue weighted by atomic mass is 31.2. The number of imidazole rings is 1. The highest BCUT2D eigenvalue weighted by molar-refractivity contribution is 7.51. The van der Waals surface area contributed by atoms with Gasteiger partial charge in [0.1, 0.15) is 11.8 Å². The molecular weight excluding hydrogens is 293 g/mol. The summed E-state index contributed by atoms with van der Waals surface area (Å²) in [5.74, 6) is 0.279. The average molecular weight is 311 g/mol. The Morgan fingerprint density at radius 3 is 2.76 bits per heavy atom. The summed E-state index contributed by atoms with van der Waals surface area (Å²) in [6.07, 6.45) is 4.88. The summed E-state index contributed by atoms with van der Waals surface area (Å²) in [6, 6.07) is 0. The van der Waals surface area contributed by atoms with Gasteiger partial charge in [-0.05, 0) is 24.2 Å². The number of hydrogen-bond acceptors (Lipinski definition) is 5. The predicted octanol–water partition coefficient (Wildman–Crippen LogP) is 1.00. The van der Waals surface area contributed by atoms with Gasteiger partial charge in [-0.2, -0.15) is 0 Å². The van der Waals surface area contributed by atoms with Crippen LogP contribution in [-0.4, -0.2) is 35.5 Å². The Kier molecular flexibility index (Phi) is 3.27. The van der Waals surface area contributed by atoms with Gasteiger partial charge >= 0.3 is 7.60 Å². The first-order valence-corrected chi connectivity index (χ1v) is 8.56. The van der Waals surface area contributed by atoms with Crippen molar-refractivity contribution in [3.63, 3.8) is 0 Å². The fourth-order valence-corrected chi connectivity index (χ4v) is 3.97. The minimum atomic E-state index is -3.99. The lowest BCUT2D eigenvalue weighted by Gasteiger charge is -2.24. The third-order valence-electron chi connectivity index (χ3n) is 4.36. The summed E-state index contributed by atoms with van der Waals surface area (Å²) >= 11 is 0. The minimum Gasteiger partial charge on any atom is -0.382 e. The molecule has 1 aliphatic rings. The molecule has 4 N–H and O–H groups in total. The molecule has 0 radical (unpaired) electrons. The van der Waals surface area contributed by atoms with E-state index in [2.05, 4.69) is 15.0 Å². The molecule has 3 rings (SSSR count). The number of anilines is 1. The quantitative estimate of drug-likeness (QED) is 0.703. The zero-order valence-corrected chi connectivity index (χ0v) is 12.6. The molecule has 2 heterocycles. The number of rotatable bonds is 5. The van der Waals surface area contributed by atoms with E-state index in [-0.39, 0.29) is 17.5 Å². The molecule has 0 aliphatic heterocycles. The van der Waals surface area contributed by atoms with Crippen LogP contribution in [0.25, 0.3) is 11.2 Å². The van der Waals surface area contributed by atoms with Gasteiger partial charge < -0.3 is 20.1 Å². The van der Waals surface area contributed by atoms with Crippen molar-refractivity contribution in [2.24, 2.45) is 11.3 Å². The monoisotopic (exact) mass is 311 g/mol. The molecule has 1 atom stereocenters. The van der Waals surface area contributed by atoms with Gasteiger partial charge in [0, 0.05) is 6.54 Å². The highest BCUT2D eigenvalue weighted by Gasteiger charge is 2.49. The van der Waals surface area contributed by atoms with Crippen LogP contribution in [0.1, 0.15) is 19.8 Å². The Hall–Kier alpha value is -1.50. The SMILES string of the molecule is CC(CP(=O)(O)O)C1(Cn2cnc3c(N)ncnc32)CC1. The van der Waals surface area contributed by atoms with E-state index in [9.17, 15) is 4.57 Å². The summed E-state index contributed by atoms with van der Waals surface area (Å²) in [7, 11) is -3.99. The zero-order chi connectivity index (χ0) is 15.3. The van der Waals surface area contributed by atoms with Crippen molar-refractivity contribution in [2.75, 3.05) is 11.9 Å². The summed E-state index contributed by atoms with van der Waals surface area (Å²) in [6.45, 7) is 2.54. The molecule has 21 heavy (non-hydrogen) atoms. The van der Waals surface area contributed by atoms with Gasteiger partial charge in [-0.15, -0.1) is 0 Å².